The molecule has 0 spiro atoms. The van der Waals surface area contributed by atoms with E-state index in [4.69, 9.17) is 15.2 Å². The zero-order valence-corrected chi connectivity index (χ0v) is 10.6. The Hall–Kier alpha value is -0.900. The molecule has 94 valence electrons. The third kappa shape index (κ3) is 3.06. The summed E-state index contributed by atoms with van der Waals surface area (Å²) in [5.41, 5.74) is 8.57. The maximum absolute atomic E-state index is 6.15. The zero-order chi connectivity index (χ0) is 12.3. The molecule has 0 aromatic heterocycles. The molecule has 1 saturated heterocycles. The van der Waals surface area contributed by atoms with Gasteiger partial charge in [-0.15, -0.1) is 0 Å². The molecule has 3 heteroatoms. The van der Waals surface area contributed by atoms with Crippen LogP contribution < -0.4 is 5.73 Å². The molecule has 3 nitrogen and oxygen atoms in total. The van der Waals surface area contributed by atoms with Crippen LogP contribution in [0.1, 0.15) is 30.6 Å². The normalized spacial score (nSPS) is 19.7. The third-order valence-corrected chi connectivity index (χ3v) is 3.21. The van der Waals surface area contributed by atoms with Crippen LogP contribution in [0.4, 0.5) is 0 Å². The molecule has 0 amide bonds. The summed E-state index contributed by atoms with van der Waals surface area (Å²) < 4.78 is 11.2. The Bertz CT molecular complexity index is 346. The number of rotatable bonds is 5. The molecule has 1 aromatic carbocycles. The lowest BCUT2D eigenvalue weighted by Gasteiger charge is -2.33. The molecule has 0 aliphatic carbocycles. The molecule has 2 unspecified atom stereocenters. The molecule has 17 heavy (non-hydrogen) atoms. The molecule has 0 saturated carbocycles. The zero-order valence-electron chi connectivity index (χ0n) is 10.6. The number of hydrogen-bond donors (Lipinski definition) is 1. The van der Waals surface area contributed by atoms with Crippen LogP contribution in [0.25, 0.3) is 0 Å². The van der Waals surface area contributed by atoms with Crippen molar-refractivity contribution in [1.82, 2.24) is 0 Å². The lowest BCUT2D eigenvalue weighted by Crippen LogP contribution is -2.41. The van der Waals surface area contributed by atoms with E-state index in [1.807, 2.05) is 0 Å². The number of nitrogens with two attached hydrogens (primary N) is 1. The summed E-state index contributed by atoms with van der Waals surface area (Å²) >= 11 is 0. The predicted molar refractivity (Wildman–Crippen MR) is 67.9 cm³/mol. The van der Waals surface area contributed by atoms with Crippen molar-refractivity contribution in [2.45, 2.75) is 38.5 Å². The minimum atomic E-state index is -0.0190. The van der Waals surface area contributed by atoms with Crippen LogP contribution in [0, 0.1) is 6.92 Å². The van der Waals surface area contributed by atoms with Crippen LogP contribution >= 0.6 is 0 Å². The monoisotopic (exact) mass is 235 g/mol. The molecule has 1 heterocycles. The van der Waals surface area contributed by atoms with E-state index in [1.54, 1.807) is 0 Å². The van der Waals surface area contributed by atoms with E-state index in [9.17, 15) is 0 Å². The Kier molecular flexibility index (Phi) is 4.15. The van der Waals surface area contributed by atoms with Crippen LogP contribution in [-0.2, 0) is 9.47 Å². The topological polar surface area (TPSA) is 44.5 Å². The van der Waals surface area contributed by atoms with Crippen LogP contribution in [0.15, 0.2) is 24.3 Å². The van der Waals surface area contributed by atoms with E-state index < -0.39 is 0 Å². The molecule has 1 aliphatic rings. The van der Waals surface area contributed by atoms with Gasteiger partial charge in [-0.1, -0.05) is 36.8 Å². The van der Waals surface area contributed by atoms with Gasteiger partial charge in [-0.2, -0.15) is 0 Å². The summed E-state index contributed by atoms with van der Waals surface area (Å²) in [6.07, 6.45) is 1.10. The van der Waals surface area contributed by atoms with Gasteiger partial charge in [0.15, 0.2) is 0 Å². The highest BCUT2D eigenvalue weighted by Gasteiger charge is 2.27. The van der Waals surface area contributed by atoms with Crippen molar-refractivity contribution < 1.29 is 9.47 Å². The summed E-state index contributed by atoms with van der Waals surface area (Å²) in [4.78, 5) is 0. The van der Waals surface area contributed by atoms with E-state index in [2.05, 4.69) is 38.1 Å². The van der Waals surface area contributed by atoms with Crippen LogP contribution in [0.5, 0.6) is 0 Å². The molecule has 2 N–H and O–H groups in total. The van der Waals surface area contributed by atoms with Crippen LogP contribution in [0.3, 0.4) is 0 Å². The molecule has 1 aliphatic heterocycles. The first-order valence-electron chi connectivity index (χ1n) is 6.26. The average Bonchev–Trinajstić information content (AvgIpc) is 2.29. The number of hydrogen-bond acceptors (Lipinski definition) is 3. The van der Waals surface area contributed by atoms with Gasteiger partial charge in [0.2, 0.25) is 0 Å². The van der Waals surface area contributed by atoms with Gasteiger partial charge in [0.05, 0.1) is 19.3 Å². The van der Waals surface area contributed by atoms with Crippen molar-refractivity contribution in [3.63, 3.8) is 0 Å². The summed E-state index contributed by atoms with van der Waals surface area (Å²) in [7, 11) is 0. The predicted octanol–water partition coefficient (Wildman–Crippen LogP) is 2.19. The second-order valence-corrected chi connectivity index (χ2v) is 4.70. The average molecular weight is 235 g/mol. The van der Waals surface area contributed by atoms with Gasteiger partial charge in [-0.3, -0.25) is 0 Å². The lowest BCUT2D eigenvalue weighted by molar-refractivity contribution is -0.160. The highest BCUT2D eigenvalue weighted by atomic mass is 16.6. The fourth-order valence-electron chi connectivity index (χ4n) is 1.90. The van der Waals surface area contributed by atoms with Crippen LogP contribution in [0.2, 0.25) is 0 Å². The van der Waals surface area contributed by atoms with Crippen molar-refractivity contribution >= 4 is 0 Å². The molecule has 0 radical (unpaired) electrons. The van der Waals surface area contributed by atoms with E-state index in [0.717, 1.165) is 12.0 Å². The fraction of sp³-hybridized carbons (Fsp3) is 0.571. The number of aryl methyl sites for hydroxylation is 1. The van der Waals surface area contributed by atoms with Crippen molar-refractivity contribution in [2.75, 3.05) is 13.2 Å². The standard InChI is InChI=1S/C14H21NO2/c1-3-13(15)14(17-12-8-16-9-12)11-6-4-10(2)5-7-11/h4-7,12-14H,3,8-9,15H2,1-2H3. The van der Waals surface area contributed by atoms with Gasteiger partial charge >= 0.3 is 0 Å². The number of ether oxygens (including phenoxy) is 2. The second-order valence-electron chi connectivity index (χ2n) is 4.70. The largest absolute Gasteiger partial charge is 0.376 e. The van der Waals surface area contributed by atoms with Gasteiger partial charge < -0.3 is 15.2 Å². The Labute approximate surface area is 103 Å². The smallest absolute Gasteiger partial charge is 0.105 e. The Morgan fingerprint density at radius 2 is 2.00 bits per heavy atom. The molecule has 1 aromatic rings. The molecule has 2 rings (SSSR count). The second kappa shape index (κ2) is 5.63. The van der Waals surface area contributed by atoms with Crippen LogP contribution in [-0.4, -0.2) is 25.4 Å². The van der Waals surface area contributed by atoms with E-state index in [0.29, 0.717) is 13.2 Å². The molecule has 1 fully saturated rings. The first-order chi connectivity index (χ1) is 8.20. The molecule has 0 bridgehead atoms. The lowest BCUT2D eigenvalue weighted by atomic mass is 9.99. The van der Waals surface area contributed by atoms with E-state index in [1.165, 1.54) is 5.56 Å². The summed E-state index contributed by atoms with van der Waals surface area (Å²) in [6, 6.07) is 8.46. The van der Waals surface area contributed by atoms with E-state index in [-0.39, 0.29) is 18.2 Å². The number of benzene rings is 1. The Morgan fingerprint density at radius 1 is 1.35 bits per heavy atom. The Morgan fingerprint density at radius 3 is 2.47 bits per heavy atom. The van der Waals surface area contributed by atoms with Crippen molar-refractivity contribution in [1.29, 1.82) is 0 Å². The first-order valence-corrected chi connectivity index (χ1v) is 6.26. The first kappa shape index (κ1) is 12.6. The minimum absolute atomic E-state index is 0.0190. The SMILES string of the molecule is CCC(N)C(OC1COC1)c1ccc(C)cc1. The minimum Gasteiger partial charge on any atom is -0.376 e. The highest BCUT2D eigenvalue weighted by Crippen LogP contribution is 2.26. The Balaban J connectivity index is 2.10. The van der Waals surface area contributed by atoms with Gasteiger partial charge in [-0.25, -0.2) is 0 Å². The van der Waals surface area contributed by atoms with Gasteiger partial charge in [0, 0.05) is 6.04 Å². The summed E-state index contributed by atoms with van der Waals surface area (Å²) in [5, 5.41) is 0. The van der Waals surface area contributed by atoms with Gasteiger partial charge in [0.25, 0.3) is 0 Å². The van der Waals surface area contributed by atoms with Crippen molar-refractivity contribution in [2.24, 2.45) is 5.73 Å². The van der Waals surface area contributed by atoms with E-state index >= 15 is 0 Å². The van der Waals surface area contributed by atoms with Gasteiger partial charge in [0.1, 0.15) is 6.10 Å². The fourth-order valence-corrected chi connectivity index (χ4v) is 1.90. The highest BCUT2D eigenvalue weighted by molar-refractivity contribution is 5.24. The maximum Gasteiger partial charge on any atom is 0.105 e. The molecular formula is C14H21NO2. The van der Waals surface area contributed by atoms with Crippen molar-refractivity contribution in [3.8, 4) is 0 Å². The van der Waals surface area contributed by atoms with Crippen molar-refractivity contribution in [3.05, 3.63) is 35.4 Å². The summed E-state index contributed by atoms with van der Waals surface area (Å²) in [6.45, 7) is 5.56. The maximum atomic E-state index is 6.15. The molecule has 2 atom stereocenters. The quantitative estimate of drug-likeness (QED) is 0.851. The van der Waals surface area contributed by atoms with Gasteiger partial charge in [-0.05, 0) is 18.9 Å². The third-order valence-electron chi connectivity index (χ3n) is 3.21. The summed E-state index contributed by atoms with van der Waals surface area (Å²) in [5.74, 6) is 0. The molecular weight excluding hydrogens is 214 g/mol.